The number of aromatic nitrogens is 1. The molecule has 168 valence electrons. The van der Waals surface area contributed by atoms with E-state index in [1.54, 1.807) is 22.6 Å². The van der Waals surface area contributed by atoms with Crippen LogP contribution < -0.4 is 5.32 Å². The van der Waals surface area contributed by atoms with Crippen molar-refractivity contribution in [1.82, 2.24) is 14.2 Å². The highest BCUT2D eigenvalue weighted by Crippen LogP contribution is 2.35. The summed E-state index contributed by atoms with van der Waals surface area (Å²) in [5.74, 6) is 0.143. The summed E-state index contributed by atoms with van der Waals surface area (Å²) < 4.78 is 27.6. The highest BCUT2D eigenvalue weighted by Gasteiger charge is 2.30. The Hall–Kier alpha value is -1.81. The van der Waals surface area contributed by atoms with E-state index in [1.165, 1.54) is 24.2 Å². The molecule has 1 atom stereocenters. The second kappa shape index (κ2) is 9.77. The summed E-state index contributed by atoms with van der Waals surface area (Å²) in [5.41, 5.74) is 0.860. The van der Waals surface area contributed by atoms with Gasteiger partial charge in [-0.15, -0.1) is 11.3 Å². The van der Waals surface area contributed by atoms with Gasteiger partial charge in [0.2, 0.25) is 15.9 Å². The number of thiazole rings is 1. The number of hydrogen-bond donors (Lipinski definition) is 1. The summed E-state index contributed by atoms with van der Waals surface area (Å²) in [7, 11) is -1.51. The lowest BCUT2D eigenvalue weighted by Crippen LogP contribution is -2.47. The number of anilines is 1. The van der Waals surface area contributed by atoms with Crippen LogP contribution in [0, 0.1) is 5.92 Å². The van der Waals surface area contributed by atoms with Crippen LogP contribution in [0.15, 0.2) is 40.7 Å². The summed E-state index contributed by atoms with van der Waals surface area (Å²) in [4.78, 5) is 19.7. The third kappa shape index (κ3) is 5.34. The van der Waals surface area contributed by atoms with E-state index in [9.17, 15) is 13.2 Å². The Kier molecular flexibility index (Phi) is 7.05. The van der Waals surface area contributed by atoms with E-state index < -0.39 is 10.0 Å². The van der Waals surface area contributed by atoms with Gasteiger partial charge in [0.05, 0.1) is 10.8 Å². The van der Waals surface area contributed by atoms with E-state index in [0.717, 1.165) is 37.9 Å². The molecule has 1 aromatic carbocycles. The molecule has 2 aliphatic rings. The van der Waals surface area contributed by atoms with Crippen LogP contribution in [0.5, 0.6) is 0 Å². The molecule has 0 spiro atoms. The molecule has 4 rings (SSSR count). The molecule has 1 aliphatic heterocycles. The van der Waals surface area contributed by atoms with Crippen molar-refractivity contribution in [2.45, 2.75) is 42.9 Å². The Morgan fingerprint density at radius 2 is 1.84 bits per heavy atom. The molecular formula is C22H30N4O3S2. The zero-order chi connectivity index (χ0) is 21.8. The second-order valence-corrected chi connectivity index (χ2v) is 11.4. The van der Waals surface area contributed by atoms with Crippen molar-refractivity contribution < 1.29 is 13.2 Å². The number of carbonyl (C=O) groups is 1. The highest BCUT2D eigenvalue weighted by atomic mass is 32.2. The van der Waals surface area contributed by atoms with Crippen molar-refractivity contribution in [3.05, 3.63) is 41.4 Å². The maximum Gasteiger partial charge on any atom is 0.243 e. The van der Waals surface area contributed by atoms with Gasteiger partial charge in [0.25, 0.3) is 0 Å². The minimum atomic E-state index is -3.51. The molecule has 0 radical (unpaired) electrons. The van der Waals surface area contributed by atoms with E-state index in [0.29, 0.717) is 29.0 Å². The van der Waals surface area contributed by atoms with Crippen molar-refractivity contribution in [3.63, 3.8) is 0 Å². The lowest BCUT2D eigenvalue weighted by atomic mass is 9.87. The van der Waals surface area contributed by atoms with E-state index in [-0.39, 0.29) is 11.8 Å². The summed E-state index contributed by atoms with van der Waals surface area (Å²) in [6, 6.07) is 6.93. The van der Waals surface area contributed by atoms with Gasteiger partial charge in [-0.3, -0.25) is 4.79 Å². The number of benzene rings is 1. The Labute approximate surface area is 188 Å². The molecule has 9 heteroatoms. The first-order chi connectivity index (χ1) is 14.9. The Morgan fingerprint density at radius 1 is 1.16 bits per heavy atom. The van der Waals surface area contributed by atoms with Gasteiger partial charge >= 0.3 is 0 Å². The van der Waals surface area contributed by atoms with Gasteiger partial charge < -0.3 is 10.2 Å². The van der Waals surface area contributed by atoms with Crippen LogP contribution >= 0.6 is 11.3 Å². The number of carbonyl (C=O) groups excluding carboxylic acids is 1. The number of amides is 1. The number of rotatable bonds is 7. The van der Waals surface area contributed by atoms with Gasteiger partial charge in [0.1, 0.15) is 0 Å². The van der Waals surface area contributed by atoms with Gasteiger partial charge in [-0.05, 0) is 37.1 Å². The van der Waals surface area contributed by atoms with Crippen molar-refractivity contribution >= 4 is 32.4 Å². The average Bonchev–Trinajstić information content (AvgIpc) is 3.46. The van der Waals surface area contributed by atoms with Gasteiger partial charge in [0.15, 0.2) is 5.13 Å². The largest absolute Gasteiger partial charge is 0.304 e. The quantitative estimate of drug-likeness (QED) is 0.682. The zero-order valence-electron chi connectivity index (χ0n) is 17.9. The van der Waals surface area contributed by atoms with Crippen LogP contribution in [0.4, 0.5) is 5.13 Å². The predicted molar refractivity (Wildman–Crippen MR) is 123 cm³/mol. The van der Waals surface area contributed by atoms with Crippen LogP contribution in [-0.4, -0.2) is 61.7 Å². The molecule has 1 N–H and O–H groups in total. The van der Waals surface area contributed by atoms with Gasteiger partial charge in [-0.2, -0.15) is 4.31 Å². The van der Waals surface area contributed by atoms with Gasteiger partial charge in [-0.25, -0.2) is 13.4 Å². The third-order valence-electron chi connectivity index (χ3n) is 6.41. The maximum absolute atomic E-state index is 13.1. The normalized spacial score (nSPS) is 20.0. The lowest BCUT2D eigenvalue weighted by molar-refractivity contribution is -0.118. The average molecular weight is 463 g/mol. The fraction of sp³-hybridized carbons (Fsp3) is 0.545. The molecule has 2 aromatic rings. The van der Waals surface area contributed by atoms with E-state index in [4.69, 9.17) is 0 Å². The molecule has 0 bridgehead atoms. The molecule has 2 heterocycles. The molecule has 31 heavy (non-hydrogen) atoms. The smallest absolute Gasteiger partial charge is 0.243 e. The minimum absolute atomic E-state index is 0.0727. The highest BCUT2D eigenvalue weighted by molar-refractivity contribution is 7.89. The van der Waals surface area contributed by atoms with Crippen molar-refractivity contribution in [2.75, 3.05) is 38.5 Å². The number of nitrogens with zero attached hydrogens (tertiary/aromatic N) is 3. The first-order valence-corrected chi connectivity index (χ1v) is 13.2. The van der Waals surface area contributed by atoms with Crippen molar-refractivity contribution in [2.24, 2.45) is 5.92 Å². The van der Waals surface area contributed by atoms with Crippen LogP contribution in [0.25, 0.3) is 0 Å². The molecule has 1 aliphatic carbocycles. The first kappa shape index (κ1) is 22.4. The predicted octanol–water partition coefficient (Wildman–Crippen LogP) is 3.38. The zero-order valence-corrected chi connectivity index (χ0v) is 19.5. The van der Waals surface area contributed by atoms with E-state index >= 15 is 0 Å². The summed E-state index contributed by atoms with van der Waals surface area (Å²) >= 11 is 1.40. The van der Waals surface area contributed by atoms with Gasteiger partial charge in [-0.1, -0.05) is 37.8 Å². The monoisotopic (exact) mass is 462 g/mol. The molecule has 1 saturated heterocycles. The number of likely N-dealkylation sites (N-methyl/N-ethyl adjacent to an activating group) is 1. The summed E-state index contributed by atoms with van der Waals surface area (Å²) in [5, 5.41) is 5.36. The van der Waals surface area contributed by atoms with Crippen molar-refractivity contribution in [3.8, 4) is 0 Å². The fourth-order valence-corrected chi connectivity index (χ4v) is 6.46. The van der Waals surface area contributed by atoms with E-state index in [2.05, 4.69) is 15.2 Å². The number of nitrogens with one attached hydrogen (secondary N) is 1. The van der Waals surface area contributed by atoms with Crippen LogP contribution in [0.1, 0.15) is 43.6 Å². The van der Waals surface area contributed by atoms with E-state index in [1.807, 2.05) is 24.6 Å². The molecule has 1 saturated carbocycles. The van der Waals surface area contributed by atoms with Crippen LogP contribution in [-0.2, 0) is 14.8 Å². The minimum Gasteiger partial charge on any atom is -0.304 e. The van der Waals surface area contributed by atoms with Crippen LogP contribution in [0.3, 0.4) is 0 Å². The Morgan fingerprint density at radius 3 is 2.45 bits per heavy atom. The number of piperazine rings is 1. The molecule has 0 unspecified atom stereocenters. The molecule has 7 nitrogen and oxygen atoms in total. The van der Waals surface area contributed by atoms with Gasteiger partial charge in [0, 0.05) is 37.8 Å². The topological polar surface area (TPSA) is 82.6 Å². The molecular weight excluding hydrogens is 432 g/mol. The second-order valence-electron chi connectivity index (χ2n) is 8.54. The molecule has 1 amide bonds. The lowest BCUT2D eigenvalue weighted by Gasteiger charge is -2.31. The number of hydrogen-bond acceptors (Lipinski definition) is 6. The Balaban J connectivity index is 1.53. The Bertz CT molecular complexity index is 963. The molecule has 1 aromatic heterocycles. The molecule has 2 fully saturated rings. The van der Waals surface area contributed by atoms with Crippen molar-refractivity contribution in [1.29, 1.82) is 0 Å². The van der Waals surface area contributed by atoms with Crippen LogP contribution in [0.2, 0.25) is 0 Å². The summed E-state index contributed by atoms with van der Waals surface area (Å²) in [6.07, 6.45) is 7.18. The third-order valence-corrected chi connectivity index (χ3v) is 9.01. The maximum atomic E-state index is 13.1. The standard InChI is InChI=1S/C22H30N4O3S2/c1-25-11-13-26(14-12-25)31(28,29)19-8-6-18(7-9-19)20(16-17-4-2-3-5-17)21(27)24-22-23-10-15-30-22/h6-10,15,17,20H,2-5,11-14,16H2,1H3,(H,23,24,27)/t20-/m1/s1. The number of sulfonamides is 1. The SMILES string of the molecule is CN1CCN(S(=O)(=O)c2ccc([C@@H](CC3CCCC3)C(=O)Nc3nccs3)cc2)CC1. The summed E-state index contributed by atoms with van der Waals surface area (Å²) in [6.45, 7) is 2.47. The first-order valence-electron chi connectivity index (χ1n) is 10.9. The fourth-order valence-electron chi connectivity index (χ4n) is 4.50.